The average molecular weight is 195 g/mol. The van der Waals surface area contributed by atoms with E-state index in [0.717, 1.165) is 4.47 Å². The molecule has 0 aromatic heterocycles. The molecule has 10 heavy (non-hydrogen) atoms. The predicted octanol–water partition coefficient (Wildman–Crippen LogP) is 1.76. The van der Waals surface area contributed by atoms with E-state index in [1.807, 2.05) is 6.07 Å². The summed E-state index contributed by atoms with van der Waals surface area (Å²) in [4.78, 5) is 10.6. The van der Waals surface area contributed by atoms with E-state index < -0.39 is 5.68 Å². The van der Waals surface area contributed by atoms with Crippen molar-refractivity contribution < 1.29 is 4.79 Å². The number of carbonyl (C=O) groups excluding carboxylic acids is 1. The Morgan fingerprint density at radius 2 is 2.20 bits per heavy atom. The van der Waals surface area contributed by atoms with Crippen LogP contribution in [0.1, 0.15) is 10.4 Å². The van der Waals surface area contributed by atoms with Crippen molar-refractivity contribution in [1.82, 2.24) is 0 Å². The van der Waals surface area contributed by atoms with E-state index in [2.05, 4.69) is 15.9 Å². The topological polar surface area (TPSA) is 17.1 Å². The Morgan fingerprint density at radius 1 is 1.50 bits per heavy atom. The fraction of sp³-hybridized carbons (Fsp3) is 0. The van der Waals surface area contributed by atoms with Gasteiger partial charge in [0, 0.05) is 10.0 Å². The summed E-state index contributed by atoms with van der Waals surface area (Å²) in [6, 6.07) is 6.96. The quantitative estimate of drug-likeness (QED) is 0.623. The lowest BCUT2D eigenvalue weighted by Gasteiger charge is -1.94. The van der Waals surface area contributed by atoms with Gasteiger partial charge in [0.25, 0.3) is 0 Å². The van der Waals surface area contributed by atoms with Gasteiger partial charge in [0.15, 0.2) is 7.85 Å². The van der Waals surface area contributed by atoms with Gasteiger partial charge in [-0.3, -0.25) is 0 Å². The lowest BCUT2D eigenvalue weighted by molar-refractivity contribution is 0.108. The number of hydrogen-bond donors (Lipinski definition) is 0. The van der Waals surface area contributed by atoms with Crippen LogP contribution in [-0.2, 0) is 0 Å². The summed E-state index contributed by atoms with van der Waals surface area (Å²) in [5.41, 5.74) is 0.121. The second-order valence-electron chi connectivity index (χ2n) is 1.87. The Labute approximate surface area is 69.0 Å². The Hall–Kier alpha value is -0.565. The molecule has 0 aliphatic rings. The highest BCUT2D eigenvalue weighted by molar-refractivity contribution is 9.10. The van der Waals surface area contributed by atoms with Crippen LogP contribution in [0, 0.1) is 0 Å². The van der Waals surface area contributed by atoms with E-state index in [0.29, 0.717) is 5.56 Å². The summed E-state index contributed by atoms with van der Waals surface area (Å²) in [5.74, 6) is 0. The summed E-state index contributed by atoms with van der Waals surface area (Å²) < 4.78 is 0.865. The maximum absolute atomic E-state index is 10.6. The van der Waals surface area contributed by atoms with Crippen molar-refractivity contribution in [3.8, 4) is 0 Å². The molecule has 0 N–H and O–H groups in total. The third-order valence-electron chi connectivity index (χ3n) is 1.11. The molecular weight excluding hydrogens is 191 g/mol. The smallest absolute Gasteiger partial charge is 0.175 e. The molecule has 0 saturated carbocycles. The largest absolute Gasteiger partial charge is 0.307 e. The molecule has 0 amide bonds. The highest BCUT2D eigenvalue weighted by atomic mass is 79.9. The SMILES string of the molecule is [B]C(=O)c1cccc(Br)c1. The summed E-state index contributed by atoms with van der Waals surface area (Å²) in [7, 11) is 5.02. The Kier molecular flexibility index (Phi) is 2.27. The van der Waals surface area contributed by atoms with Crippen molar-refractivity contribution in [2.45, 2.75) is 0 Å². The van der Waals surface area contributed by atoms with Crippen LogP contribution in [-0.4, -0.2) is 13.5 Å². The molecule has 0 heterocycles. The van der Waals surface area contributed by atoms with Gasteiger partial charge in [0.2, 0.25) is 0 Å². The minimum atomic E-state index is -0.402. The standard InChI is InChI=1S/C7H4BBrO/c8-7(10)5-2-1-3-6(9)4-5/h1-4H. The molecule has 0 fully saturated rings. The van der Waals surface area contributed by atoms with Gasteiger partial charge < -0.3 is 4.79 Å². The third-order valence-corrected chi connectivity index (χ3v) is 1.60. The Morgan fingerprint density at radius 3 is 2.60 bits per heavy atom. The summed E-state index contributed by atoms with van der Waals surface area (Å²) >= 11 is 3.22. The van der Waals surface area contributed by atoms with Gasteiger partial charge in [-0.05, 0) is 12.1 Å². The zero-order chi connectivity index (χ0) is 7.56. The average Bonchev–Trinajstić information content (AvgIpc) is 1.88. The number of halogens is 1. The van der Waals surface area contributed by atoms with Gasteiger partial charge in [-0.25, -0.2) is 0 Å². The molecule has 1 aromatic carbocycles. The van der Waals surface area contributed by atoms with Gasteiger partial charge in [-0.2, -0.15) is 0 Å². The maximum Gasteiger partial charge on any atom is 0.175 e. The summed E-state index contributed by atoms with van der Waals surface area (Å²) in [6.45, 7) is 0. The van der Waals surface area contributed by atoms with Crippen molar-refractivity contribution in [2.75, 3.05) is 0 Å². The minimum Gasteiger partial charge on any atom is -0.307 e. The molecule has 0 aliphatic carbocycles. The molecular formula is C7H4BBrO. The monoisotopic (exact) mass is 194 g/mol. The molecule has 0 bridgehead atoms. The molecule has 0 aliphatic heterocycles. The first-order valence-corrected chi connectivity index (χ1v) is 3.55. The van der Waals surface area contributed by atoms with Gasteiger partial charge in [-0.15, -0.1) is 0 Å². The molecule has 48 valence electrons. The van der Waals surface area contributed by atoms with E-state index in [4.69, 9.17) is 7.85 Å². The van der Waals surface area contributed by atoms with Crippen molar-refractivity contribution in [2.24, 2.45) is 0 Å². The molecule has 0 saturated heterocycles. The van der Waals surface area contributed by atoms with Crippen molar-refractivity contribution in [1.29, 1.82) is 0 Å². The predicted molar refractivity (Wildman–Crippen MR) is 44.2 cm³/mol. The molecule has 1 rings (SSSR count). The Bertz CT molecular complexity index is 260. The van der Waals surface area contributed by atoms with Crippen LogP contribution in [0.2, 0.25) is 0 Å². The van der Waals surface area contributed by atoms with E-state index in [1.54, 1.807) is 18.2 Å². The van der Waals surface area contributed by atoms with Gasteiger partial charge >= 0.3 is 0 Å². The van der Waals surface area contributed by atoms with E-state index in [-0.39, 0.29) is 0 Å². The second-order valence-corrected chi connectivity index (χ2v) is 2.79. The molecule has 0 spiro atoms. The van der Waals surface area contributed by atoms with Crippen LogP contribution >= 0.6 is 15.9 Å². The van der Waals surface area contributed by atoms with Gasteiger partial charge in [-0.1, -0.05) is 28.1 Å². The second kappa shape index (κ2) is 3.02. The summed E-state index contributed by atoms with van der Waals surface area (Å²) in [5, 5.41) is 0. The third kappa shape index (κ3) is 1.71. The molecule has 0 atom stereocenters. The highest BCUT2D eigenvalue weighted by Crippen LogP contribution is 2.10. The first kappa shape index (κ1) is 7.54. The zero-order valence-corrected chi connectivity index (χ0v) is 6.76. The van der Waals surface area contributed by atoms with Crippen LogP contribution in [0.5, 0.6) is 0 Å². The van der Waals surface area contributed by atoms with Crippen LogP contribution in [0.3, 0.4) is 0 Å². The van der Waals surface area contributed by atoms with Crippen LogP contribution in [0.15, 0.2) is 28.7 Å². The van der Waals surface area contributed by atoms with Crippen molar-refractivity contribution in [3.05, 3.63) is 34.3 Å². The van der Waals surface area contributed by atoms with Gasteiger partial charge in [0.1, 0.15) is 5.68 Å². The van der Waals surface area contributed by atoms with E-state index in [1.165, 1.54) is 0 Å². The molecule has 2 radical (unpaired) electrons. The lowest BCUT2D eigenvalue weighted by atomic mass is 9.95. The van der Waals surface area contributed by atoms with Crippen molar-refractivity contribution in [3.63, 3.8) is 0 Å². The Balaban J connectivity index is 3.07. The number of hydrogen-bond acceptors (Lipinski definition) is 1. The van der Waals surface area contributed by atoms with Crippen LogP contribution < -0.4 is 0 Å². The minimum absolute atomic E-state index is 0.402. The molecule has 3 heteroatoms. The van der Waals surface area contributed by atoms with Crippen LogP contribution in [0.4, 0.5) is 0 Å². The normalized spacial score (nSPS) is 9.30. The summed E-state index contributed by atoms with van der Waals surface area (Å²) in [6.07, 6.45) is 0. The molecule has 1 aromatic rings. The number of rotatable bonds is 1. The fourth-order valence-corrected chi connectivity index (χ4v) is 1.04. The fourth-order valence-electron chi connectivity index (χ4n) is 0.642. The number of benzene rings is 1. The van der Waals surface area contributed by atoms with Crippen LogP contribution in [0.25, 0.3) is 0 Å². The van der Waals surface area contributed by atoms with E-state index >= 15 is 0 Å². The lowest BCUT2D eigenvalue weighted by Crippen LogP contribution is -1.95. The first-order valence-electron chi connectivity index (χ1n) is 2.75. The van der Waals surface area contributed by atoms with Crippen molar-refractivity contribution >= 4 is 29.5 Å². The zero-order valence-electron chi connectivity index (χ0n) is 5.17. The van der Waals surface area contributed by atoms with E-state index in [9.17, 15) is 4.79 Å². The highest BCUT2D eigenvalue weighted by Gasteiger charge is 1.96. The molecule has 1 nitrogen and oxygen atoms in total. The first-order chi connectivity index (χ1) is 4.70. The maximum atomic E-state index is 10.6. The number of carbonyl (C=O) groups is 1. The molecule has 0 unspecified atom stereocenters. The van der Waals surface area contributed by atoms with Gasteiger partial charge in [0.05, 0.1) is 0 Å².